The number of rotatable bonds is 3. The Hall–Kier alpha value is -1.12. The summed E-state index contributed by atoms with van der Waals surface area (Å²) in [6, 6.07) is 10.8. The standard InChI is InChI=1S/C13H15NS/c1-10-5-3-4-6-13(10)11-7-12(8-14-2)15-9-11/h3-7,9,14H,8H2,1-2H3. The SMILES string of the molecule is CNCc1cc(-c2ccccc2C)cs1. The van der Waals surface area contributed by atoms with Crippen LogP contribution in [0.25, 0.3) is 11.1 Å². The Labute approximate surface area is 94.8 Å². The molecule has 0 radical (unpaired) electrons. The van der Waals surface area contributed by atoms with E-state index in [4.69, 9.17) is 0 Å². The summed E-state index contributed by atoms with van der Waals surface area (Å²) in [5, 5.41) is 5.40. The highest BCUT2D eigenvalue weighted by atomic mass is 32.1. The monoisotopic (exact) mass is 217 g/mol. The lowest BCUT2D eigenvalue weighted by Gasteiger charge is -2.01. The fourth-order valence-corrected chi connectivity index (χ4v) is 2.58. The van der Waals surface area contributed by atoms with Crippen molar-refractivity contribution in [3.8, 4) is 11.1 Å². The van der Waals surface area contributed by atoms with E-state index in [1.807, 2.05) is 18.4 Å². The molecule has 0 atom stereocenters. The first kappa shape index (κ1) is 10.4. The van der Waals surface area contributed by atoms with E-state index in [9.17, 15) is 0 Å². The van der Waals surface area contributed by atoms with Crippen molar-refractivity contribution in [3.05, 3.63) is 46.2 Å². The molecule has 2 heteroatoms. The van der Waals surface area contributed by atoms with Crippen LogP contribution in [0, 0.1) is 6.92 Å². The van der Waals surface area contributed by atoms with Gasteiger partial charge < -0.3 is 5.32 Å². The van der Waals surface area contributed by atoms with Crippen LogP contribution in [0.4, 0.5) is 0 Å². The highest BCUT2D eigenvalue weighted by Gasteiger charge is 2.03. The fourth-order valence-electron chi connectivity index (χ4n) is 1.69. The van der Waals surface area contributed by atoms with Gasteiger partial charge in [0.15, 0.2) is 0 Å². The molecular formula is C13H15NS. The van der Waals surface area contributed by atoms with Gasteiger partial charge in [-0.15, -0.1) is 11.3 Å². The minimum Gasteiger partial charge on any atom is -0.315 e. The summed E-state index contributed by atoms with van der Waals surface area (Å²) >= 11 is 1.82. The zero-order valence-electron chi connectivity index (χ0n) is 9.08. The number of benzene rings is 1. The molecule has 0 spiro atoms. The van der Waals surface area contributed by atoms with Crippen molar-refractivity contribution >= 4 is 11.3 Å². The molecule has 15 heavy (non-hydrogen) atoms. The zero-order valence-corrected chi connectivity index (χ0v) is 9.90. The van der Waals surface area contributed by atoms with E-state index < -0.39 is 0 Å². The van der Waals surface area contributed by atoms with Gasteiger partial charge >= 0.3 is 0 Å². The van der Waals surface area contributed by atoms with E-state index >= 15 is 0 Å². The molecule has 0 unspecified atom stereocenters. The smallest absolute Gasteiger partial charge is 0.0296 e. The highest BCUT2D eigenvalue weighted by molar-refractivity contribution is 7.10. The molecule has 1 nitrogen and oxygen atoms in total. The molecule has 2 rings (SSSR count). The van der Waals surface area contributed by atoms with E-state index in [1.165, 1.54) is 21.6 Å². The third-order valence-corrected chi connectivity index (χ3v) is 3.40. The van der Waals surface area contributed by atoms with E-state index in [0.29, 0.717) is 0 Å². The Morgan fingerprint density at radius 2 is 2.07 bits per heavy atom. The van der Waals surface area contributed by atoms with E-state index in [2.05, 4.69) is 48.0 Å². The molecule has 1 heterocycles. The molecule has 1 N–H and O–H groups in total. The molecule has 0 saturated heterocycles. The van der Waals surface area contributed by atoms with Crippen LogP contribution in [0.1, 0.15) is 10.4 Å². The van der Waals surface area contributed by atoms with Gasteiger partial charge in [-0.2, -0.15) is 0 Å². The third kappa shape index (κ3) is 2.28. The van der Waals surface area contributed by atoms with Crippen LogP contribution in [-0.4, -0.2) is 7.05 Å². The number of nitrogens with one attached hydrogen (secondary N) is 1. The minimum atomic E-state index is 0.955. The average Bonchev–Trinajstić information content (AvgIpc) is 2.68. The first-order chi connectivity index (χ1) is 7.31. The van der Waals surface area contributed by atoms with Crippen LogP contribution in [0.5, 0.6) is 0 Å². The Morgan fingerprint density at radius 1 is 1.27 bits per heavy atom. The van der Waals surface area contributed by atoms with E-state index in [1.54, 1.807) is 0 Å². The summed E-state index contributed by atoms with van der Waals surface area (Å²) in [4.78, 5) is 1.38. The maximum absolute atomic E-state index is 3.17. The van der Waals surface area contributed by atoms with Crippen molar-refractivity contribution in [2.24, 2.45) is 0 Å². The van der Waals surface area contributed by atoms with Gasteiger partial charge in [0.05, 0.1) is 0 Å². The van der Waals surface area contributed by atoms with Crippen molar-refractivity contribution in [1.82, 2.24) is 5.32 Å². The second-order valence-electron chi connectivity index (χ2n) is 3.65. The fraction of sp³-hybridized carbons (Fsp3) is 0.231. The largest absolute Gasteiger partial charge is 0.315 e. The first-order valence-corrected chi connectivity index (χ1v) is 5.97. The summed E-state index contributed by atoms with van der Waals surface area (Å²) in [7, 11) is 1.98. The molecule has 2 aromatic rings. The molecule has 1 aromatic heterocycles. The summed E-state index contributed by atoms with van der Waals surface area (Å²) in [6.45, 7) is 3.11. The second kappa shape index (κ2) is 4.60. The van der Waals surface area contributed by atoms with Gasteiger partial charge in [0.25, 0.3) is 0 Å². The third-order valence-electron chi connectivity index (χ3n) is 2.46. The molecule has 0 amide bonds. The normalized spacial score (nSPS) is 10.5. The van der Waals surface area contributed by atoms with Gasteiger partial charge in [-0.3, -0.25) is 0 Å². The van der Waals surface area contributed by atoms with E-state index in [0.717, 1.165) is 6.54 Å². The number of aryl methyl sites for hydroxylation is 1. The van der Waals surface area contributed by atoms with Crippen LogP contribution in [0.15, 0.2) is 35.7 Å². The Bertz CT molecular complexity index is 445. The van der Waals surface area contributed by atoms with E-state index in [-0.39, 0.29) is 0 Å². The molecule has 0 aliphatic heterocycles. The summed E-state index contributed by atoms with van der Waals surface area (Å²) in [5.74, 6) is 0. The van der Waals surface area contributed by atoms with Gasteiger partial charge in [0.1, 0.15) is 0 Å². The van der Waals surface area contributed by atoms with Crippen molar-refractivity contribution in [1.29, 1.82) is 0 Å². The van der Waals surface area contributed by atoms with Crippen molar-refractivity contribution < 1.29 is 0 Å². The average molecular weight is 217 g/mol. The molecule has 1 aromatic carbocycles. The van der Waals surface area contributed by atoms with Crippen LogP contribution >= 0.6 is 11.3 Å². The van der Waals surface area contributed by atoms with Gasteiger partial charge in [0.2, 0.25) is 0 Å². The lowest BCUT2D eigenvalue weighted by atomic mass is 10.0. The summed E-state index contributed by atoms with van der Waals surface area (Å²) < 4.78 is 0. The van der Waals surface area contributed by atoms with Crippen LogP contribution < -0.4 is 5.32 Å². The molecule has 78 valence electrons. The predicted molar refractivity (Wildman–Crippen MR) is 67.3 cm³/mol. The molecule has 0 aliphatic carbocycles. The zero-order chi connectivity index (χ0) is 10.7. The van der Waals surface area contributed by atoms with Crippen molar-refractivity contribution in [3.63, 3.8) is 0 Å². The maximum atomic E-state index is 3.17. The molecule has 0 bridgehead atoms. The predicted octanol–water partition coefficient (Wildman–Crippen LogP) is 3.44. The quantitative estimate of drug-likeness (QED) is 0.830. The minimum absolute atomic E-state index is 0.955. The van der Waals surface area contributed by atoms with Crippen LogP contribution in [-0.2, 0) is 6.54 Å². The topological polar surface area (TPSA) is 12.0 Å². The lowest BCUT2D eigenvalue weighted by Crippen LogP contribution is -2.02. The molecule has 0 fully saturated rings. The number of hydrogen-bond acceptors (Lipinski definition) is 2. The first-order valence-electron chi connectivity index (χ1n) is 5.09. The molecule has 0 aliphatic rings. The lowest BCUT2D eigenvalue weighted by molar-refractivity contribution is 0.831. The summed E-state index contributed by atoms with van der Waals surface area (Å²) in [6.07, 6.45) is 0. The van der Waals surface area contributed by atoms with Crippen molar-refractivity contribution in [2.75, 3.05) is 7.05 Å². The van der Waals surface area contributed by atoms with Crippen LogP contribution in [0.2, 0.25) is 0 Å². The second-order valence-corrected chi connectivity index (χ2v) is 4.64. The number of thiophene rings is 1. The number of hydrogen-bond donors (Lipinski definition) is 1. The van der Waals surface area contributed by atoms with Gasteiger partial charge in [-0.05, 0) is 42.1 Å². The van der Waals surface area contributed by atoms with Gasteiger partial charge in [-0.25, -0.2) is 0 Å². The summed E-state index contributed by atoms with van der Waals surface area (Å²) in [5.41, 5.74) is 4.02. The van der Waals surface area contributed by atoms with Crippen LogP contribution in [0.3, 0.4) is 0 Å². The molecule has 0 saturated carbocycles. The Balaban J connectivity index is 2.33. The van der Waals surface area contributed by atoms with Gasteiger partial charge in [-0.1, -0.05) is 24.3 Å². The Kier molecular flexibility index (Phi) is 3.19. The molecular weight excluding hydrogens is 202 g/mol. The van der Waals surface area contributed by atoms with Gasteiger partial charge in [0, 0.05) is 11.4 Å². The Morgan fingerprint density at radius 3 is 2.80 bits per heavy atom. The highest BCUT2D eigenvalue weighted by Crippen LogP contribution is 2.27. The van der Waals surface area contributed by atoms with Crippen molar-refractivity contribution in [2.45, 2.75) is 13.5 Å². The maximum Gasteiger partial charge on any atom is 0.0296 e.